The predicted molar refractivity (Wildman–Crippen MR) is 39.3 cm³/mol. The highest BCUT2D eigenvalue weighted by Crippen LogP contribution is 2.29. The van der Waals surface area contributed by atoms with Gasteiger partial charge in [0.15, 0.2) is 0 Å². The number of rotatable bonds is 3. The van der Waals surface area contributed by atoms with Gasteiger partial charge >= 0.3 is 5.51 Å². The van der Waals surface area contributed by atoms with E-state index in [0.717, 1.165) is 0 Å². The SMILES string of the molecule is CCC(CC)S(=O)(=O)C(F)(F)F. The second kappa shape index (κ2) is 3.64. The van der Waals surface area contributed by atoms with Crippen molar-refractivity contribution >= 4 is 9.84 Å². The zero-order valence-electron chi connectivity index (χ0n) is 6.85. The lowest BCUT2D eigenvalue weighted by Crippen LogP contribution is -2.33. The normalized spacial score (nSPS) is 13.8. The van der Waals surface area contributed by atoms with Crippen LogP contribution in [0.2, 0.25) is 0 Å². The second-order valence-electron chi connectivity index (χ2n) is 2.43. The summed E-state index contributed by atoms with van der Waals surface area (Å²) in [6.45, 7) is 2.86. The van der Waals surface area contributed by atoms with E-state index in [-0.39, 0.29) is 12.8 Å². The van der Waals surface area contributed by atoms with Crippen molar-refractivity contribution in [3.63, 3.8) is 0 Å². The van der Waals surface area contributed by atoms with Crippen molar-refractivity contribution in [3.8, 4) is 0 Å². The molecule has 74 valence electrons. The first-order valence-corrected chi connectivity index (χ1v) is 5.12. The van der Waals surface area contributed by atoms with E-state index in [1.807, 2.05) is 0 Å². The Kier molecular flexibility index (Phi) is 3.56. The highest BCUT2D eigenvalue weighted by Gasteiger charge is 2.49. The van der Waals surface area contributed by atoms with Gasteiger partial charge in [0.05, 0.1) is 5.25 Å². The molecule has 0 aromatic carbocycles. The summed E-state index contributed by atoms with van der Waals surface area (Å²) in [4.78, 5) is 0. The van der Waals surface area contributed by atoms with Gasteiger partial charge in [-0.05, 0) is 12.8 Å². The minimum Gasteiger partial charge on any atom is -0.219 e. The molecule has 0 spiro atoms. The average molecular weight is 204 g/mol. The van der Waals surface area contributed by atoms with Crippen LogP contribution in [0.25, 0.3) is 0 Å². The maximum atomic E-state index is 11.9. The number of hydrogen-bond donors (Lipinski definition) is 0. The largest absolute Gasteiger partial charge is 0.497 e. The summed E-state index contributed by atoms with van der Waals surface area (Å²) in [7, 11) is -4.94. The zero-order chi connectivity index (χ0) is 9.99. The van der Waals surface area contributed by atoms with Crippen LogP contribution in [0.15, 0.2) is 0 Å². The minimum atomic E-state index is -5.11. The summed E-state index contributed by atoms with van der Waals surface area (Å²) < 4.78 is 57.0. The third-order valence-corrected chi connectivity index (χ3v) is 3.86. The Morgan fingerprint density at radius 2 is 1.50 bits per heavy atom. The summed E-state index contributed by atoms with van der Waals surface area (Å²) in [5, 5.41) is -1.29. The van der Waals surface area contributed by atoms with Crippen LogP contribution < -0.4 is 0 Å². The smallest absolute Gasteiger partial charge is 0.219 e. The summed E-state index contributed by atoms with van der Waals surface area (Å²) in [6, 6.07) is 0. The number of hydrogen-bond acceptors (Lipinski definition) is 2. The highest BCUT2D eigenvalue weighted by atomic mass is 32.2. The Morgan fingerprint density at radius 1 is 1.17 bits per heavy atom. The second-order valence-corrected chi connectivity index (χ2v) is 4.65. The van der Waals surface area contributed by atoms with Gasteiger partial charge in [-0.3, -0.25) is 0 Å². The van der Waals surface area contributed by atoms with Gasteiger partial charge in [0, 0.05) is 0 Å². The molecule has 0 aliphatic heterocycles. The topological polar surface area (TPSA) is 34.1 Å². The molecule has 0 saturated carbocycles. The number of halogens is 3. The van der Waals surface area contributed by atoms with E-state index >= 15 is 0 Å². The van der Waals surface area contributed by atoms with Crippen molar-refractivity contribution in [2.24, 2.45) is 0 Å². The van der Waals surface area contributed by atoms with Crippen LogP contribution in [-0.2, 0) is 9.84 Å². The Bertz CT molecular complexity index is 226. The lowest BCUT2D eigenvalue weighted by molar-refractivity contribution is -0.0445. The molecule has 0 amide bonds. The maximum Gasteiger partial charge on any atom is 0.497 e. The molecular formula is C6H11F3O2S. The highest BCUT2D eigenvalue weighted by molar-refractivity contribution is 7.92. The van der Waals surface area contributed by atoms with Crippen LogP contribution in [-0.4, -0.2) is 19.2 Å². The van der Waals surface area contributed by atoms with Crippen molar-refractivity contribution in [2.75, 3.05) is 0 Å². The first-order chi connectivity index (χ1) is 5.27. The van der Waals surface area contributed by atoms with Crippen molar-refractivity contribution in [1.29, 1.82) is 0 Å². The Labute approximate surface area is 69.7 Å². The Balaban J connectivity index is 4.85. The van der Waals surface area contributed by atoms with Gasteiger partial charge in [0.1, 0.15) is 0 Å². The van der Waals surface area contributed by atoms with E-state index in [1.54, 1.807) is 0 Å². The lowest BCUT2D eigenvalue weighted by Gasteiger charge is -2.15. The third kappa shape index (κ3) is 2.12. The van der Waals surface area contributed by atoms with Gasteiger partial charge in [-0.2, -0.15) is 13.2 Å². The van der Waals surface area contributed by atoms with Crippen LogP contribution in [0.3, 0.4) is 0 Å². The monoisotopic (exact) mass is 204 g/mol. The molecule has 12 heavy (non-hydrogen) atoms. The molecule has 0 rings (SSSR count). The molecule has 0 fully saturated rings. The molecular weight excluding hydrogens is 193 g/mol. The summed E-state index contributed by atoms with van der Waals surface area (Å²) in [5.74, 6) is 0. The molecule has 0 bridgehead atoms. The van der Waals surface area contributed by atoms with E-state index in [1.165, 1.54) is 13.8 Å². The van der Waals surface area contributed by atoms with Gasteiger partial charge in [0.25, 0.3) is 9.84 Å². The van der Waals surface area contributed by atoms with E-state index in [9.17, 15) is 21.6 Å². The van der Waals surface area contributed by atoms with E-state index < -0.39 is 20.6 Å². The first kappa shape index (κ1) is 11.7. The standard InChI is InChI=1S/C6H11F3O2S/c1-3-5(4-2)12(10,11)6(7,8)9/h5H,3-4H2,1-2H3. The van der Waals surface area contributed by atoms with Crippen molar-refractivity contribution in [2.45, 2.75) is 37.4 Å². The van der Waals surface area contributed by atoms with Crippen molar-refractivity contribution in [1.82, 2.24) is 0 Å². The third-order valence-electron chi connectivity index (χ3n) is 1.67. The van der Waals surface area contributed by atoms with Crippen molar-refractivity contribution in [3.05, 3.63) is 0 Å². The first-order valence-electron chi connectivity index (χ1n) is 3.57. The molecule has 0 aromatic rings. The number of sulfone groups is 1. The molecule has 2 nitrogen and oxygen atoms in total. The van der Waals surface area contributed by atoms with Crippen LogP contribution in [0, 0.1) is 0 Å². The summed E-state index contributed by atoms with van der Waals surface area (Å²) in [5.41, 5.74) is -5.11. The zero-order valence-corrected chi connectivity index (χ0v) is 7.67. The van der Waals surface area contributed by atoms with Crippen LogP contribution in [0.1, 0.15) is 26.7 Å². The van der Waals surface area contributed by atoms with Crippen molar-refractivity contribution < 1.29 is 21.6 Å². The predicted octanol–water partition coefficient (Wildman–Crippen LogP) is 2.11. The molecule has 0 aromatic heterocycles. The molecule has 0 radical (unpaired) electrons. The molecule has 0 N–H and O–H groups in total. The van der Waals surface area contributed by atoms with Crippen LogP contribution >= 0.6 is 0 Å². The maximum absolute atomic E-state index is 11.9. The van der Waals surface area contributed by atoms with Gasteiger partial charge < -0.3 is 0 Å². The molecule has 0 atom stereocenters. The van der Waals surface area contributed by atoms with Gasteiger partial charge in [-0.1, -0.05) is 13.8 Å². The fourth-order valence-corrected chi connectivity index (χ4v) is 2.17. The quantitative estimate of drug-likeness (QED) is 0.705. The average Bonchev–Trinajstić information content (AvgIpc) is 1.87. The molecule has 0 aliphatic carbocycles. The fourth-order valence-electron chi connectivity index (χ4n) is 0.916. The van der Waals surface area contributed by atoms with Gasteiger partial charge in [-0.25, -0.2) is 8.42 Å². The van der Waals surface area contributed by atoms with Gasteiger partial charge in [-0.15, -0.1) is 0 Å². The molecule has 0 aliphatic rings. The van der Waals surface area contributed by atoms with Crippen LogP contribution in [0.4, 0.5) is 13.2 Å². The molecule has 0 heterocycles. The summed E-state index contributed by atoms with van der Waals surface area (Å²) >= 11 is 0. The Hall–Kier alpha value is -0.260. The summed E-state index contributed by atoms with van der Waals surface area (Å²) in [6.07, 6.45) is -0.00329. The van der Waals surface area contributed by atoms with Crippen LogP contribution in [0.5, 0.6) is 0 Å². The Morgan fingerprint density at radius 3 is 1.58 bits per heavy atom. The molecule has 0 saturated heterocycles. The van der Waals surface area contributed by atoms with E-state index in [2.05, 4.69) is 0 Å². The van der Waals surface area contributed by atoms with E-state index in [0.29, 0.717) is 0 Å². The minimum absolute atomic E-state index is 0.00164. The number of alkyl halides is 3. The lowest BCUT2D eigenvalue weighted by atomic mass is 10.3. The molecule has 0 unspecified atom stereocenters. The van der Waals surface area contributed by atoms with E-state index in [4.69, 9.17) is 0 Å². The fraction of sp³-hybridized carbons (Fsp3) is 1.00. The van der Waals surface area contributed by atoms with Gasteiger partial charge in [0.2, 0.25) is 0 Å². The molecule has 6 heteroatoms.